The van der Waals surface area contributed by atoms with Gasteiger partial charge in [-0.2, -0.15) is 4.98 Å². The maximum Gasteiger partial charge on any atom is 0.323 e. The fraction of sp³-hybridized carbons (Fsp3) is 0.0556. The number of aryl methyl sites for hydroxylation is 1. The summed E-state index contributed by atoms with van der Waals surface area (Å²) in [5.41, 5.74) is 2.79. The van der Waals surface area contributed by atoms with Gasteiger partial charge in [-0.05, 0) is 18.2 Å². The van der Waals surface area contributed by atoms with Crippen molar-refractivity contribution in [3.8, 4) is 22.9 Å². The van der Waals surface area contributed by atoms with Crippen molar-refractivity contribution in [1.82, 2.24) is 19.5 Å². The van der Waals surface area contributed by atoms with Gasteiger partial charge in [-0.15, -0.1) is 0 Å². The molecular formula is C18H14N4O. The van der Waals surface area contributed by atoms with E-state index >= 15 is 0 Å². The van der Waals surface area contributed by atoms with Crippen LogP contribution in [0.25, 0.3) is 22.2 Å². The Balaban J connectivity index is 1.75. The maximum absolute atomic E-state index is 5.93. The first-order valence-electron chi connectivity index (χ1n) is 7.26. The van der Waals surface area contributed by atoms with Crippen LogP contribution in [0.4, 0.5) is 0 Å². The lowest BCUT2D eigenvalue weighted by atomic mass is 10.1. The molecule has 4 rings (SSSR count). The maximum atomic E-state index is 5.93. The third-order valence-electron chi connectivity index (χ3n) is 3.65. The average Bonchev–Trinajstić information content (AvgIpc) is 2.97. The van der Waals surface area contributed by atoms with Gasteiger partial charge in [0.05, 0.1) is 0 Å². The van der Waals surface area contributed by atoms with E-state index in [1.165, 1.54) is 0 Å². The van der Waals surface area contributed by atoms with Gasteiger partial charge >= 0.3 is 6.01 Å². The molecule has 23 heavy (non-hydrogen) atoms. The van der Waals surface area contributed by atoms with Crippen LogP contribution in [0.3, 0.4) is 0 Å². The van der Waals surface area contributed by atoms with E-state index in [1.807, 2.05) is 66.5 Å². The summed E-state index contributed by atoms with van der Waals surface area (Å²) >= 11 is 0. The van der Waals surface area contributed by atoms with Crippen molar-refractivity contribution < 1.29 is 4.74 Å². The van der Waals surface area contributed by atoms with Gasteiger partial charge in [0.15, 0.2) is 0 Å². The number of hydrogen-bond donors (Lipinski definition) is 0. The molecule has 0 fully saturated rings. The molecule has 0 spiro atoms. The van der Waals surface area contributed by atoms with Crippen molar-refractivity contribution in [2.24, 2.45) is 7.05 Å². The van der Waals surface area contributed by atoms with Crippen LogP contribution >= 0.6 is 0 Å². The molecule has 1 aromatic carbocycles. The third kappa shape index (κ3) is 2.53. The van der Waals surface area contributed by atoms with E-state index < -0.39 is 0 Å². The molecule has 0 aliphatic rings. The van der Waals surface area contributed by atoms with E-state index in [0.717, 1.165) is 22.2 Å². The second kappa shape index (κ2) is 5.53. The van der Waals surface area contributed by atoms with Gasteiger partial charge in [-0.3, -0.25) is 4.98 Å². The molecular weight excluding hydrogens is 288 g/mol. The summed E-state index contributed by atoms with van der Waals surface area (Å²) in [7, 11) is 1.95. The highest BCUT2D eigenvalue weighted by atomic mass is 16.5. The van der Waals surface area contributed by atoms with Gasteiger partial charge in [0, 0.05) is 48.3 Å². The Labute approximate surface area is 133 Å². The SMILES string of the molecule is Cn1ccc2cnc(Oc3ccccc3-c3cccnc3)nc21. The summed E-state index contributed by atoms with van der Waals surface area (Å²) in [6.07, 6.45) is 7.28. The van der Waals surface area contributed by atoms with E-state index in [9.17, 15) is 0 Å². The molecule has 3 heterocycles. The zero-order valence-electron chi connectivity index (χ0n) is 12.5. The van der Waals surface area contributed by atoms with E-state index in [1.54, 1.807) is 12.4 Å². The standard InChI is InChI=1S/C18H14N4O/c1-22-10-8-14-12-20-18(21-17(14)22)23-16-7-3-2-6-15(16)13-5-4-9-19-11-13/h2-12H,1H3. The van der Waals surface area contributed by atoms with Crippen molar-refractivity contribution in [1.29, 1.82) is 0 Å². The predicted octanol–water partition coefficient (Wildman–Crippen LogP) is 3.82. The van der Waals surface area contributed by atoms with Crippen LogP contribution in [-0.4, -0.2) is 19.5 Å². The first-order valence-corrected chi connectivity index (χ1v) is 7.26. The predicted molar refractivity (Wildman–Crippen MR) is 88.3 cm³/mol. The fourth-order valence-corrected chi connectivity index (χ4v) is 2.49. The molecule has 3 aromatic heterocycles. The number of benzene rings is 1. The summed E-state index contributed by atoms with van der Waals surface area (Å²) in [4.78, 5) is 12.9. The average molecular weight is 302 g/mol. The molecule has 0 radical (unpaired) electrons. The topological polar surface area (TPSA) is 52.8 Å². The number of ether oxygens (including phenoxy) is 1. The van der Waals surface area contributed by atoms with Gasteiger partial charge in [0.2, 0.25) is 0 Å². The molecule has 0 N–H and O–H groups in total. The van der Waals surface area contributed by atoms with Crippen LogP contribution in [-0.2, 0) is 7.05 Å². The molecule has 5 nitrogen and oxygen atoms in total. The molecule has 0 aliphatic carbocycles. The number of hydrogen-bond acceptors (Lipinski definition) is 4. The Morgan fingerprint density at radius 3 is 2.78 bits per heavy atom. The van der Waals surface area contributed by atoms with Gasteiger partial charge in [0.1, 0.15) is 11.4 Å². The largest absolute Gasteiger partial charge is 0.424 e. The molecule has 0 saturated heterocycles. The molecule has 0 unspecified atom stereocenters. The Hall–Kier alpha value is -3.21. The number of pyridine rings is 1. The Bertz CT molecular complexity index is 963. The van der Waals surface area contributed by atoms with Gasteiger partial charge < -0.3 is 9.30 Å². The quantitative estimate of drug-likeness (QED) is 0.577. The number of rotatable bonds is 3. The van der Waals surface area contributed by atoms with E-state index in [2.05, 4.69) is 15.0 Å². The molecule has 0 amide bonds. The normalized spacial score (nSPS) is 10.8. The highest BCUT2D eigenvalue weighted by molar-refractivity contribution is 5.75. The highest BCUT2D eigenvalue weighted by Gasteiger charge is 2.10. The molecule has 0 bridgehead atoms. The minimum Gasteiger partial charge on any atom is -0.424 e. The third-order valence-corrected chi connectivity index (χ3v) is 3.65. The van der Waals surface area contributed by atoms with Crippen LogP contribution < -0.4 is 4.74 Å². The van der Waals surface area contributed by atoms with Gasteiger partial charge in [-0.1, -0.05) is 24.3 Å². The fourth-order valence-electron chi connectivity index (χ4n) is 2.49. The number of nitrogens with zero attached hydrogens (tertiary/aromatic N) is 4. The molecule has 0 aliphatic heterocycles. The van der Waals surface area contributed by atoms with Crippen molar-refractivity contribution in [2.45, 2.75) is 0 Å². The van der Waals surface area contributed by atoms with Gasteiger partial charge in [-0.25, -0.2) is 4.98 Å². The van der Waals surface area contributed by atoms with Crippen LogP contribution in [0.1, 0.15) is 0 Å². The Morgan fingerprint density at radius 2 is 1.91 bits per heavy atom. The minimum atomic E-state index is 0.329. The summed E-state index contributed by atoms with van der Waals surface area (Å²) in [6, 6.07) is 14.0. The first-order chi connectivity index (χ1) is 11.3. The lowest BCUT2D eigenvalue weighted by Crippen LogP contribution is -1.96. The summed E-state index contributed by atoms with van der Waals surface area (Å²) < 4.78 is 7.87. The minimum absolute atomic E-state index is 0.329. The second-order valence-corrected chi connectivity index (χ2v) is 5.20. The van der Waals surface area contributed by atoms with E-state index in [0.29, 0.717) is 11.8 Å². The molecule has 112 valence electrons. The summed E-state index contributed by atoms with van der Waals surface area (Å²) in [6.45, 7) is 0. The first kappa shape index (κ1) is 13.5. The van der Waals surface area contributed by atoms with Gasteiger partial charge in [0.25, 0.3) is 0 Å². The lowest BCUT2D eigenvalue weighted by molar-refractivity contribution is 0.445. The summed E-state index contributed by atoms with van der Waals surface area (Å²) in [5.74, 6) is 0.703. The van der Waals surface area contributed by atoms with Crippen LogP contribution in [0.5, 0.6) is 11.8 Å². The lowest BCUT2D eigenvalue weighted by Gasteiger charge is -2.09. The van der Waals surface area contributed by atoms with E-state index in [-0.39, 0.29) is 0 Å². The smallest absolute Gasteiger partial charge is 0.323 e. The highest BCUT2D eigenvalue weighted by Crippen LogP contribution is 2.31. The van der Waals surface area contributed by atoms with Crippen molar-refractivity contribution in [3.05, 3.63) is 67.3 Å². The van der Waals surface area contributed by atoms with Crippen molar-refractivity contribution in [3.63, 3.8) is 0 Å². The zero-order chi connectivity index (χ0) is 15.6. The number of aromatic nitrogens is 4. The summed E-state index contributed by atoms with van der Waals surface area (Å²) in [5, 5.41) is 0.986. The van der Waals surface area contributed by atoms with Crippen molar-refractivity contribution >= 4 is 11.0 Å². The number of fused-ring (bicyclic) bond motifs is 1. The van der Waals surface area contributed by atoms with Crippen LogP contribution in [0.15, 0.2) is 67.3 Å². The second-order valence-electron chi connectivity index (χ2n) is 5.20. The van der Waals surface area contributed by atoms with Crippen LogP contribution in [0, 0.1) is 0 Å². The Kier molecular flexibility index (Phi) is 3.24. The van der Waals surface area contributed by atoms with Crippen LogP contribution in [0.2, 0.25) is 0 Å². The van der Waals surface area contributed by atoms with E-state index in [4.69, 9.17) is 4.74 Å². The van der Waals surface area contributed by atoms with Crippen molar-refractivity contribution in [2.75, 3.05) is 0 Å². The molecule has 0 atom stereocenters. The monoisotopic (exact) mass is 302 g/mol. The Morgan fingerprint density at radius 1 is 1.00 bits per heavy atom. The zero-order valence-corrected chi connectivity index (χ0v) is 12.5. The molecule has 5 heteroatoms. The molecule has 0 saturated carbocycles. The number of para-hydroxylation sites is 1. The molecule has 4 aromatic rings.